The third-order valence-corrected chi connectivity index (χ3v) is 4.77. The third-order valence-electron chi connectivity index (χ3n) is 4.77. The van der Waals surface area contributed by atoms with Crippen LogP contribution in [0, 0.1) is 0 Å². The molecule has 0 radical (unpaired) electrons. The van der Waals surface area contributed by atoms with Gasteiger partial charge >= 0.3 is 0 Å². The molecular formula is C16H22N6O2. The number of carbonyl (C=O) groups excluding carboxylic acids is 1. The lowest BCUT2D eigenvalue weighted by Crippen LogP contribution is -2.27. The molecule has 2 aromatic rings. The van der Waals surface area contributed by atoms with Crippen molar-refractivity contribution in [3.05, 3.63) is 23.9 Å². The second-order valence-corrected chi connectivity index (χ2v) is 6.41. The Hall–Kier alpha value is -2.22. The largest absolute Gasteiger partial charge is 0.381 e. The second kappa shape index (κ2) is 6.35. The van der Waals surface area contributed by atoms with E-state index < -0.39 is 0 Å². The summed E-state index contributed by atoms with van der Waals surface area (Å²) in [6.45, 7) is 2.99. The number of rotatable bonds is 5. The molecule has 2 fully saturated rings. The summed E-state index contributed by atoms with van der Waals surface area (Å²) in [6.07, 6.45) is 5.02. The van der Waals surface area contributed by atoms with Crippen LogP contribution in [0.25, 0.3) is 5.82 Å². The van der Waals surface area contributed by atoms with Crippen molar-refractivity contribution in [1.29, 1.82) is 0 Å². The average Bonchev–Trinajstić information content (AvgIpc) is 3.32. The molecule has 1 amide bonds. The molecule has 0 bridgehead atoms. The SMILES string of the molecule is Cn1nccc1-n1nc(C2CCOC2)nc1CCN1CCCC1=O. The fourth-order valence-corrected chi connectivity index (χ4v) is 3.37. The predicted molar refractivity (Wildman–Crippen MR) is 85.8 cm³/mol. The van der Waals surface area contributed by atoms with Gasteiger partial charge in [0, 0.05) is 51.6 Å². The first-order valence-electron chi connectivity index (χ1n) is 8.52. The van der Waals surface area contributed by atoms with Crippen LogP contribution in [0.3, 0.4) is 0 Å². The minimum absolute atomic E-state index is 0.242. The van der Waals surface area contributed by atoms with E-state index in [-0.39, 0.29) is 11.8 Å². The van der Waals surface area contributed by atoms with Gasteiger partial charge in [0.1, 0.15) is 5.82 Å². The molecule has 1 atom stereocenters. The minimum Gasteiger partial charge on any atom is -0.381 e. The molecule has 0 aromatic carbocycles. The molecule has 0 aliphatic carbocycles. The minimum atomic E-state index is 0.242. The zero-order valence-electron chi connectivity index (χ0n) is 13.9. The maximum absolute atomic E-state index is 11.8. The van der Waals surface area contributed by atoms with Crippen molar-refractivity contribution in [2.75, 3.05) is 26.3 Å². The molecule has 8 nitrogen and oxygen atoms in total. The Morgan fingerprint density at radius 2 is 2.33 bits per heavy atom. The van der Waals surface area contributed by atoms with Crippen molar-refractivity contribution in [2.24, 2.45) is 7.05 Å². The van der Waals surface area contributed by atoms with Gasteiger partial charge in [0.25, 0.3) is 0 Å². The molecule has 1 unspecified atom stereocenters. The van der Waals surface area contributed by atoms with Crippen LogP contribution < -0.4 is 0 Å². The van der Waals surface area contributed by atoms with Gasteiger partial charge in [-0.25, -0.2) is 4.98 Å². The van der Waals surface area contributed by atoms with Crippen LogP contribution in [0.15, 0.2) is 12.3 Å². The Morgan fingerprint density at radius 1 is 1.42 bits per heavy atom. The Balaban J connectivity index is 1.60. The summed E-state index contributed by atoms with van der Waals surface area (Å²) in [5.74, 6) is 3.09. The van der Waals surface area contributed by atoms with E-state index in [0.717, 1.165) is 43.5 Å². The average molecular weight is 330 g/mol. The molecule has 2 aromatic heterocycles. The molecule has 128 valence electrons. The summed E-state index contributed by atoms with van der Waals surface area (Å²) in [5.41, 5.74) is 0. The van der Waals surface area contributed by atoms with E-state index in [9.17, 15) is 4.79 Å². The molecule has 4 rings (SSSR count). The Bertz CT molecular complexity index is 731. The van der Waals surface area contributed by atoms with Crippen LogP contribution in [-0.2, 0) is 23.0 Å². The smallest absolute Gasteiger partial charge is 0.222 e. The van der Waals surface area contributed by atoms with Crippen molar-refractivity contribution in [3.8, 4) is 5.82 Å². The number of amides is 1. The molecule has 2 aliphatic rings. The predicted octanol–water partition coefficient (Wildman–Crippen LogP) is 0.670. The number of likely N-dealkylation sites (tertiary alicyclic amines) is 1. The Kier molecular flexibility index (Phi) is 4.05. The summed E-state index contributed by atoms with van der Waals surface area (Å²) in [4.78, 5) is 18.5. The molecule has 0 saturated carbocycles. The van der Waals surface area contributed by atoms with Crippen molar-refractivity contribution in [3.63, 3.8) is 0 Å². The van der Waals surface area contributed by atoms with Crippen LogP contribution in [0.5, 0.6) is 0 Å². The van der Waals surface area contributed by atoms with Crippen LogP contribution in [0.4, 0.5) is 0 Å². The highest BCUT2D eigenvalue weighted by atomic mass is 16.5. The van der Waals surface area contributed by atoms with Gasteiger partial charge < -0.3 is 9.64 Å². The lowest BCUT2D eigenvalue weighted by Gasteiger charge is -2.15. The highest BCUT2D eigenvalue weighted by Crippen LogP contribution is 2.24. The van der Waals surface area contributed by atoms with Crippen LogP contribution >= 0.6 is 0 Å². The lowest BCUT2D eigenvalue weighted by molar-refractivity contribution is -0.127. The van der Waals surface area contributed by atoms with Crippen LogP contribution in [0.1, 0.15) is 36.8 Å². The summed E-state index contributed by atoms with van der Waals surface area (Å²) >= 11 is 0. The van der Waals surface area contributed by atoms with Gasteiger partial charge in [-0.05, 0) is 12.8 Å². The van der Waals surface area contributed by atoms with E-state index in [2.05, 4.69) is 5.10 Å². The van der Waals surface area contributed by atoms with Gasteiger partial charge in [-0.3, -0.25) is 9.48 Å². The third kappa shape index (κ3) is 2.82. The quantitative estimate of drug-likeness (QED) is 0.805. The molecule has 24 heavy (non-hydrogen) atoms. The number of hydrogen-bond acceptors (Lipinski definition) is 5. The fraction of sp³-hybridized carbons (Fsp3) is 0.625. The number of nitrogens with zero attached hydrogens (tertiary/aromatic N) is 6. The maximum Gasteiger partial charge on any atom is 0.222 e. The summed E-state index contributed by atoms with van der Waals surface area (Å²) in [5, 5.41) is 8.95. The van der Waals surface area contributed by atoms with Gasteiger partial charge in [-0.1, -0.05) is 0 Å². The van der Waals surface area contributed by atoms with E-state index >= 15 is 0 Å². The van der Waals surface area contributed by atoms with E-state index in [1.165, 1.54) is 0 Å². The van der Waals surface area contributed by atoms with E-state index in [4.69, 9.17) is 14.8 Å². The van der Waals surface area contributed by atoms with Gasteiger partial charge in [0.2, 0.25) is 5.91 Å². The summed E-state index contributed by atoms with van der Waals surface area (Å²) < 4.78 is 9.12. The molecule has 2 saturated heterocycles. The molecular weight excluding hydrogens is 308 g/mol. The topological polar surface area (TPSA) is 78.1 Å². The van der Waals surface area contributed by atoms with Gasteiger partial charge in [-0.15, -0.1) is 5.10 Å². The van der Waals surface area contributed by atoms with Crippen LogP contribution in [0.2, 0.25) is 0 Å². The first-order valence-corrected chi connectivity index (χ1v) is 8.52. The first-order chi connectivity index (χ1) is 11.7. The number of hydrogen-bond donors (Lipinski definition) is 0. The zero-order valence-corrected chi connectivity index (χ0v) is 13.9. The molecule has 4 heterocycles. The van der Waals surface area contributed by atoms with Crippen molar-refractivity contribution < 1.29 is 9.53 Å². The fourth-order valence-electron chi connectivity index (χ4n) is 3.37. The number of carbonyl (C=O) groups is 1. The van der Waals surface area contributed by atoms with Crippen molar-refractivity contribution in [2.45, 2.75) is 31.6 Å². The first kappa shape index (κ1) is 15.3. The van der Waals surface area contributed by atoms with Crippen molar-refractivity contribution >= 4 is 5.91 Å². The van der Waals surface area contributed by atoms with E-state index in [1.807, 2.05) is 22.7 Å². The molecule has 0 spiro atoms. The number of aryl methyl sites for hydroxylation is 1. The van der Waals surface area contributed by atoms with Gasteiger partial charge in [0.15, 0.2) is 11.6 Å². The van der Waals surface area contributed by atoms with Crippen LogP contribution in [-0.4, -0.2) is 61.7 Å². The summed E-state index contributed by atoms with van der Waals surface area (Å²) in [7, 11) is 1.89. The molecule has 2 aliphatic heterocycles. The monoisotopic (exact) mass is 330 g/mol. The Morgan fingerprint density at radius 3 is 3.00 bits per heavy atom. The van der Waals surface area contributed by atoms with E-state index in [1.54, 1.807) is 10.9 Å². The standard InChI is InChI=1S/C16H22N6O2/c1-20-14(4-7-17-20)22-13(5-9-21-8-2-3-15(21)23)18-16(19-22)12-6-10-24-11-12/h4,7,12H,2-3,5-6,8-11H2,1H3. The van der Waals surface area contributed by atoms with E-state index in [0.29, 0.717) is 26.0 Å². The maximum atomic E-state index is 11.8. The number of aromatic nitrogens is 5. The van der Waals surface area contributed by atoms with Crippen molar-refractivity contribution in [1.82, 2.24) is 29.4 Å². The summed E-state index contributed by atoms with van der Waals surface area (Å²) in [6, 6.07) is 1.92. The lowest BCUT2D eigenvalue weighted by atomic mass is 10.1. The highest BCUT2D eigenvalue weighted by Gasteiger charge is 2.26. The normalized spacial score (nSPS) is 21.1. The number of ether oxygens (including phenoxy) is 1. The zero-order chi connectivity index (χ0) is 16.5. The molecule has 0 N–H and O–H groups in total. The highest BCUT2D eigenvalue weighted by molar-refractivity contribution is 5.78. The van der Waals surface area contributed by atoms with Gasteiger partial charge in [-0.2, -0.15) is 9.78 Å². The Labute approximate surface area is 140 Å². The second-order valence-electron chi connectivity index (χ2n) is 6.41. The van der Waals surface area contributed by atoms with Gasteiger partial charge in [0.05, 0.1) is 12.8 Å². The molecule has 8 heteroatoms.